The summed E-state index contributed by atoms with van der Waals surface area (Å²) in [6.07, 6.45) is 5.95. The largest absolute Gasteiger partial charge is 0.508 e. The minimum atomic E-state index is 0.269. The van der Waals surface area contributed by atoms with Crippen LogP contribution in [0.3, 0.4) is 0 Å². The summed E-state index contributed by atoms with van der Waals surface area (Å²) in [6.45, 7) is 11.9. The van der Waals surface area contributed by atoms with Gasteiger partial charge in [0.05, 0.1) is 32.1 Å². The lowest BCUT2D eigenvalue weighted by molar-refractivity contribution is -0.104. The molecule has 0 spiro atoms. The Morgan fingerprint density at radius 3 is 2.66 bits per heavy atom. The SMILES string of the molecule is Cc1ccc(O)cc1N1CCc2c(nc(OCCCN3CCOCC3)nc2N2CCN(C=CC=O)CC2)C1. The summed E-state index contributed by atoms with van der Waals surface area (Å²) in [5, 5.41) is 10.1. The topological polar surface area (TPSA) is 94.5 Å². The van der Waals surface area contributed by atoms with Crippen molar-refractivity contribution in [1.82, 2.24) is 19.8 Å². The first-order valence-electron chi connectivity index (χ1n) is 13.6. The number of carbonyl (C=O) groups excluding carboxylic acids is 1. The van der Waals surface area contributed by atoms with Crippen molar-refractivity contribution in [2.24, 2.45) is 0 Å². The van der Waals surface area contributed by atoms with E-state index < -0.39 is 0 Å². The number of hydrogen-bond acceptors (Lipinski definition) is 10. The summed E-state index contributed by atoms with van der Waals surface area (Å²) in [7, 11) is 0. The van der Waals surface area contributed by atoms with Crippen LogP contribution in [-0.2, 0) is 22.5 Å². The number of phenolic OH excluding ortho intramolecular Hbond substituents is 1. The number of benzene rings is 1. The number of phenols is 1. The van der Waals surface area contributed by atoms with Crippen molar-refractivity contribution >= 4 is 17.8 Å². The fourth-order valence-corrected chi connectivity index (χ4v) is 5.37. The molecule has 0 radical (unpaired) electrons. The number of ether oxygens (including phenoxy) is 2. The van der Waals surface area contributed by atoms with Crippen LogP contribution >= 0.6 is 0 Å². The van der Waals surface area contributed by atoms with Gasteiger partial charge >= 0.3 is 6.01 Å². The highest BCUT2D eigenvalue weighted by Crippen LogP contribution is 2.33. The molecule has 10 nitrogen and oxygen atoms in total. The Kier molecular flexibility index (Phi) is 8.60. The van der Waals surface area contributed by atoms with E-state index in [-0.39, 0.29) is 5.75 Å². The Morgan fingerprint density at radius 1 is 1.05 bits per heavy atom. The molecule has 0 saturated carbocycles. The molecule has 3 aliphatic rings. The number of rotatable bonds is 9. The van der Waals surface area contributed by atoms with Gasteiger partial charge in [-0.25, -0.2) is 0 Å². The summed E-state index contributed by atoms with van der Waals surface area (Å²) in [4.78, 5) is 29.7. The molecule has 1 aromatic carbocycles. The highest BCUT2D eigenvalue weighted by atomic mass is 16.5. The molecule has 3 aliphatic heterocycles. The van der Waals surface area contributed by atoms with Gasteiger partial charge in [0.15, 0.2) is 0 Å². The monoisotopic (exact) mass is 522 g/mol. The normalized spacial score (nSPS) is 18.6. The molecule has 0 atom stereocenters. The van der Waals surface area contributed by atoms with Gasteiger partial charge in [-0.15, -0.1) is 0 Å². The number of aromatic nitrogens is 2. The van der Waals surface area contributed by atoms with Crippen molar-refractivity contribution < 1.29 is 19.4 Å². The minimum absolute atomic E-state index is 0.269. The average molecular weight is 523 g/mol. The summed E-state index contributed by atoms with van der Waals surface area (Å²) in [5.74, 6) is 1.23. The van der Waals surface area contributed by atoms with Crippen LogP contribution in [0.25, 0.3) is 0 Å². The number of carbonyl (C=O) groups is 1. The van der Waals surface area contributed by atoms with Gasteiger partial charge in [0.2, 0.25) is 0 Å². The molecule has 0 bridgehead atoms. The highest BCUT2D eigenvalue weighted by molar-refractivity contribution is 5.64. The number of aryl methyl sites for hydroxylation is 1. The summed E-state index contributed by atoms with van der Waals surface area (Å²) in [6, 6.07) is 5.94. The minimum Gasteiger partial charge on any atom is -0.508 e. The molecule has 2 saturated heterocycles. The van der Waals surface area contributed by atoms with Crippen LogP contribution in [0.15, 0.2) is 30.5 Å². The fraction of sp³-hybridized carbons (Fsp3) is 0.536. The lowest BCUT2D eigenvalue weighted by Crippen LogP contribution is -2.45. The van der Waals surface area contributed by atoms with Gasteiger partial charge in [-0.05, 0) is 37.5 Å². The Bertz CT molecular complexity index is 1130. The lowest BCUT2D eigenvalue weighted by Gasteiger charge is -2.38. The van der Waals surface area contributed by atoms with E-state index in [1.165, 1.54) is 5.56 Å². The highest BCUT2D eigenvalue weighted by Gasteiger charge is 2.28. The van der Waals surface area contributed by atoms with E-state index >= 15 is 0 Å². The smallest absolute Gasteiger partial charge is 0.318 e. The number of morpholine rings is 1. The second-order valence-electron chi connectivity index (χ2n) is 10.1. The molecule has 0 amide bonds. The van der Waals surface area contributed by atoms with Gasteiger partial charge in [0.25, 0.3) is 0 Å². The molecule has 1 aromatic heterocycles. The Balaban J connectivity index is 1.33. The fourth-order valence-electron chi connectivity index (χ4n) is 5.37. The third-order valence-corrected chi connectivity index (χ3v) is 7.50. The van der Waals surface area contributed by atoms with Crippen LogP contribution in [0.4, 0.5) is 11.5 Å². The molecule has 2 aromatic rings. The van der Waals surface area contributed by atoms with Crippen molar-refractivity contribution in [3.63, 3.8) is 0 Å². The zero-order valence-electron chi connectivity index (χ0n) is 22.2. The Labute approximate surface area is 224 Å². The summed E-state index contributed by atoms with van der Waals surface area (Å²) < 4.78 is 11.6. The first-order valence-corrected chi connectivity index (χ1v) is 13.6. The van der Waals surface area contributed by atoms with Gasteiger partial charge in [-0.2, -0.15) is 9.97 Å². The number of nitrogens with zero attached hydrogens (tertiary/aromatic N) is 6. The second-order valence-corrected chi connectivity index (χ2v) is 10.1. The van der Waals surface area contributed by atoms with Crippen molar-refractivity contribution in [3.05, 3.63) is 47.3 Å². The molecular weight excluding hydrogens is 484 g/mol. The van der Waals surface area contributed by atoms with Crippen molar-refractivity contribution in [2.75, 3.05) is 82.0 Å². The van der Waals surface area contributed by atoms with E-state index in [0.717, 1.165) is 107 Å². The van der Waals surface area contributed by atoms with Crippen molar-refractivity contribution in [3.8, 4) is 11.8 Å². The molecule has 10 heteroatoms. The van der Waals surface area contributed by atoms with Crippen molar-refractivity contribution in [1.29, 1.82) is 0 Å². The molecular formula is C28H38N6O4. The van der Waals surface area contributed by atoms with E-state index in [1.54, 1.807) is 12.1 Å². The van der Waals surface area contributed by atoms with Crippen molar-refractivity contribution in [2.45, 2.75) is 26.3 Å². The average Bonchev–Trinajstić information content (AvgIpc) is 2.95. The number of anilines is 2. The number of aromatic hydroxyl groups is 1. The van der Waals surface area contributed by atoms with Gasteiger partial charge in [0, 0.05) is 75.9 Å². The maximum atomic E-state index is 10.7. The standard InChI is InChI=1S/C28H38N6O4/c1-22-4-5-23(36)20-26(22)34-9-6-24-25(21-34)29-28(38-17-3-8-32-14-18-37-19-15-32)30-27(24)33-12-10-31(11-13-33)7-2-16-35/h2,4-5,7,16,20,36H,3,6,8-15,17-19,21H2,1H3. The Hall–Kier alpha value is -3.37. The first-order chi connectivity index (χ1) is 18.6. The maximum Gasteiger partial charge on any atom is 0.318 e. The zero-order chi connectivity index (χ0) is 26.3. The molecule has 38 heavy (non-hydrogen) atoms. The van der Waals surface area contributed by atoms with Gasteiger partial charge in [0.1, 0.15) is 17.9 Å². The lowest BCUT2D eigenvalue weighted by atomic mass is 10.0. The van der Waals surface area contributed by atoms with Crippen LogP contribution in [0.5, 0.6) is 11.8 Å². The third kappa shape index (κ3) is 6.36. The van der Waals surface area contributed by atoms with Crippen LogP contribution in [0.2, 0.25) is 0 Å². The molecule has 5 rings (SSSR count). The zero-order valence-corrected chi connectivity index (χ0v) is 22.2. The quantitative estimate of drug-likeness (QED) is 0.299. The van der Waals surface area contributed by atoms with Crippen LogP contribution < -0.4 is 14.5 Å². The van der Waals surface area contributed by atoms with Crippen LogP contribution in [-0.4, -0.2) is 103 Å². The van der Waals surface area contributed by atoms with E-state index in [2.05, 4.69) is 26.5 Å². The molecule has 0 aliphatic carbocycles. The number of aldehydes is 1. The first kappa shape index (κ1) is 26.2. The predicted molar refractivity (Wildman–Crippen MR) is 146 cm³/mol. The molecule has 1 N–H and O–H groups in total. The third-order valence-electron chi connectivity index (χ3n) is 7.50. The molecule has 0 unspecified atom stereocenters. The molecule has 4 heterocycles. The summed E-state index contributed by atoms with van der Waals surface area (Å²) >= 11 is 0. The van der Waals surface area contributed by atoms with Gasteiger partial charge in [-0.1, -0.05) is 6.07 Å². The second kappa shape index (κ2) is 12.4. The molecule has 2 fully saturated rings. The number of piperazine rings is 1. The van der Waals surface area contributed by atoms with Gasteiger partial charge in [-0.3, -0.25) is 9.69 Å². The summed E-state index contributed by atoms with van der Waals surface area (Å²) in [5.41, 5.74) is 4.31. The van der Waals surface area contributed by atoms with E-state index in [9.17, 15) is 9.90 Å². The predicted octanol–water partition coefficient (Wildman–Crippen LogP) is 1.99. The van der Waals surface area contributed by atoms with Gasteiger partial charge < -0.3 is 29.3 Å². The Morgan fingerprint density at radius 2 is 1.87 bits per heavy atom. The van der Waals surface area contributed by atoms with E-state index in [4.69, 9.17) is 19.4 Å². The van der Waals surface area contributed by atoms with Crippen LogP contribution in [0, 0.1) is 6.92 Å². The maximum absolute atomic E-state index is 10.7. The molecule has 204 valence electrons. The van der Waals surface area contributed by atoms with Crippen LogP contribution in [0.1, 0.15) is 23.2 Å². The number of hydrogen-bond donors (Lipinski definition) is 1. The number of fused-ring (bicyclic) bond motifs is 1. The number of allylic oxidation sites excluding steroid dienone is 1. The van der Waals surface area contributed by atoms with E-state index in [1.807, 2.05) is 18.3 Å². The van der Waals surface area contributed by atoms with E-state index in [0.29, 0.717) is 19.2 Å².